The van der Waals surface area contributed by atoms with E-state index in [1.165, 1.54) is 24.8 Å². The third-order valence-corrected chi connectivity index (χ3v) is 7.65. The molecule has 2 aliphatic carbocycles. The predicted octanol–water partition coefficient (Wildman–Crippen LogP) is 5.64. The minimum atomic E-state index is -0.502. The van der Waals surface area contributed by atoms with Crippen LogP contribution in [-0.2, 0) is 14.3 Å². The summed E-state index contributed by atoms with van der Waals surface area (Å²) in [5, 5.41) is 0. The van der Waals surface area contributed by atoms with E-state index < -0.39 is 5.60 Å². The molecule has 7 atom stereocenters. The molecule has 1 amide bonds. The summed E-state index contributed by atoms with van der Waals surface area (Å²) in [4.78, 5) is 27.4. The van der Waals surface area contributed by atoms with Crippen LogP contribution in [0.2, 0.25) is 0 Å². The molecule has 0 aromatic rings. The van der Waals surface area contributed by atoms with Crippen LogP contribution in [0.5, 0.6) is 0 Å². The SMILES string of the molecule is C[C@@H]1OC(=O)[C@H]2C=C3CCCC[C@@H]3[C@@H](/C=C/[C@H]3CCC[C@H](C)N3C(=O)OC(C)(C)C)[C@@H]12. The fourth-order valence-corrected chi connectivity index (χ4v) is 6.30. The van der Waals surface area contributed by atoms with Crippen molar-refractivity contribution in [3.05, 3.63) is 23.8 Å². The van der Waals surface area contributed by atoms with Crippen LogP contribution in [0.1, 0.15) is 79.6 Å². The van der Waals surface area contributed by atoms with Gasteiger partial charge in [0.1, 0.15) is 11.7 Å². The number of allylic oxidation sites excluding steroid dienone is 2. The van der Waals surface area contributed by atoms with E-state index in [0.717, 1.165) is 25.7 Å². The molecule has 1 saturated carbocycles. The molecule has 2 heterocycles. The first-order chi connectivity index (χ1) is 14.7. The number of fused-ring (bicyclic) bond motifs is 2. The van der Waals surface area contributed by atoms with Gasteiger partial charge < -0.3 is 9.47 Å². The van der Waals surface area contributed by atoms with Gasteiger partial charge in [-0.3, -0.25) is 9.69 Å². The monoisotopic (exact) mass is 429 g/mol. The molecule has 0 spiro atoms. The topological polar surface area (TPSA) is 55.8 Å². The molecule has 31 heavy (non-hydrogen) atoms. The van der Waals surface area contributed by atoms with E-state index in [2.05, 4.69) is 25.2 Å². The summed E-state index contributed by atoms with van der Waals surface area (Å²) in [7, 11) is 0. The molecule has 3 fully saturated rings. The maximum absolute atomic E-state index is 13.0. The molecule has 0 aromatic carbocycles. The van der Waals surface area contributed by atoms with Crippen LogP contribution in [0.15, 0.2) is 23.8 Å². The molecule has 5 nitrogen and oxygen atoms in total. The van der Waals surface area contributed by atoms with Gasteiger partial charge in [-0.15, -0.1) is 0 Å². The fraction of sp³-hybridized carbons (Fsp3) is 0.769. The summed E-state index contributed by atoms with van der Waals surface area (Å²) in [6.45, 7) is 9.92. The van der Waals surface area contributed by atoms with Crippen molar-refractivity contribution in [2.24, 2.45) is 23.7 Å². The number of ether oxygens (including phenoxy) is 2. The molecule has 4 aliphatic rings. The first-order valence-corrected chi connectivity index (χ1v) is 12.3. The van der Waals surface area contributed by atoms with Crippen LogP contribution in [0, 0.1) is 23.7 Å². The van der Waals surface area contributed by atoms with Gasteiger partial charge in [0.2, 0.25) is 0 Å². The molecule has 0 N–H and O–H groups in total. The van der Waals surface area contributed by atoms with Crippen LogP contribution in [0.25, 0.3) is 0 Å². The molecule has 2 aliphatic heterocycles. The molecular weight excluding hydrogens is 390 g/mol. The number of rotatable bonds is 2. The number of hydrogen-bond donors (Lipinski definition) is 0. The highest BCUT2D eigenvalue weighted by atomic mass is 16.6. The summed E-state index contributed by atoms with van der Waals surface area (Å²) in [6.07, 6.45) is 14.4. The molecule has 2 saturated heterocycles. The Balaban J connectivity index is 1.59. The first-order valence-electron chi connectivity index (χ1n) is 12.3. The number of esters is 1. The Morgan fingerprint density at radius 1 is 1.13 bits per heavy atom. The Morgan fingerprint density at radius 2 is 1.90 bits per heavy atom. The van der Waals surface area contributed by atoms with Gasteiger partial charge in [0, 0.05) is 12.0 Å². The zero-order valence-electron chi connectivity index (χ0n) is 19.8. The lowest BCUT2D eigenvalue weighted by molar-refractivity contribution is -0.142. The zero-order chi connectivity index (χ0) is 22.3. The summed E-state index contributed by atoms with van der Waals surface area (Å²) in [5.74, 6) is 0.825. The van der Waals surface area contributed by atoms with Crippen molar-refractivity contribution >= 4 is 12.1 Å². The van der Waals surface area contributed by atoms with E-state index >= 15 is 0 Å². The standard InChI is InChI=1S/C26H39NO4/c1-16-9-8-11-19(27(16)25(29)31-26(3,4)5)13-14-21-20-12-7-6-10-18(20)15-22-23(21)17(2)30-24(22)28/h13-17,19-23H,6-12H2,1-5H3/b14-13+/t16-,17-,19+,20-,21+,22-,23+/m0/s1. The maximum atomic E-state index is 13.0. The largest absolute Gasteiger partial charge is 0.462 e. The Bertz CT molecular complexity index is 764. The normalized spacial score (nSPS) is 38.4. The van der Waals surface area contributed by atoms with Crippen molar-refractivity contribution in [2.75, 3.05) is 0 Å². The van der Waals surface area contributed by atoms with Crippen molar-refractivity contribution in [1.29, 1.82) is 0 Å². The molecule has 0 unspecified atom stereocenters. The molecule has 0 radical (unpaired) electrons. The van der Waals surface area contributed by atoms with Gasteiger partial charge in [0.15, 0.2) is 0 Å². The number of cyclic esters (lactones) is 1. The van der Waals surface area contributed by atoms with Gasteiger partial charge in [-0.1, -0.05) is 30.2 Å². The van der Waals surface area contributed by atoms with E-state index in [4.69, 9.17) is 9.47 Å². The average molecular weight is 430 g/mol. The van der Waals surface area contributed by atoms with Crippen LogP contribution in [0.3, 0.4) is 0 Å². The number of carbonyl (C=O) groups is 2. The average Bonchev–Trinajstić information content (AvgIpc) is 2.97. The maximum Gasteiger partial charge on any atom is 0.411 e. The highest BCUT2D eigenvalue weighted by Gasteiger charge is 2.50. The summed E-state index contributed by atoms with van der Waals surface area (Å²) in [6, 6.07) is 0.209. The van der Waals surface area contributed by atoms with E-state index in [9.17, 15) is 9.59 Å². The number of nitrogens with zero attached hydrogens (tertiary/aromatic N) is 1. The second-order valence-electron chi connectivity index (χ2n) is 11.0. The lowest BCUT2D eigenvalue weighted by atomic mass is 9.62. The highest BCUT2D eigenvalue weighted by Crippen LogP contribution is 2.50. The second-order valence-corrected chi connectivity index (χ2v) is 11.0. The number of likely N-dealkylation sites (tertiary alicyclic amines) is 1. The zero-order valence-corrected chi connectivity index (χ0v) is 19.8. The van der Waals surface area contributed by atoms with Crippen LogP contribution >= 0.6 is 0 Å². The van der Waals surface area contributed by atoms with Gasteiger partial charge in [-0.05, 0) is 85.0 Å². The van der Waals surface area contributed by atoms with Crippen LogP contribution in [0.4, 0.5) is 4.79 Å². The number of carbonyl (C=O) groups excluding carboxylic acids is 2. The Hall–Kier alpha value is -1.78. The third kappa shape index (κ3) is 4.56. The predicted molar refractivity (Wildman–Crippen MR) is 120 cm³/mol. The second kappa shape index (κ2) is 8.63. The highest BCUT2D eigenvalue weighted by molar-refractivity contribution is 5.78. The van der Waals surface area contributed by atoms with Gasteiger partial charge >= 0.3 is 12.1 Å². The lowest BCUT2D eigenvalue weighted by Gasteiger charge is -2.42. The van der Waals surface area contributed by atoms with E-state index in [0.29, 0.717) is 11.8 Å². The van der Waals surface area contributed by atoms with Gasteiger partial charge in [0.25, 0.3) is 0 Å². The van der Waals surface area contributed by atoms with Crippen molar-refractivity contribution < 1.29 is 19.1 Å². The summed E-state index contributed by atoms with van der Waals surface area (Å²) >= 11 is 0. The molecular formula is C26H39NO4. The molecule has 172 valence electrons. The third-order valence-electron chi connectivity index (χ3n) is 7.65. The van der Waals surface area contributed by atoms with E-state index in [1.54, 1.807) is 0 Å². The van der Waals surface area contributed by atoms with Crippen molar-refractivity contribution in [1.82, 2.24) is 4.90 Å². The van der Waals surface area contributed by atoms with Crippen molar-refractivity contribution in [3.8, 4) is 0 Å². The van der Waals surface area contributed by atoms with Crippen LogP contribution < -0.4 is 0 Å². The van der Waals surface area contributed by atoms with Gasteiger partial charge in [0.05, 0.1) is 12.0 Å². The van der Waals surface area contributed by atoms with Crippen molar-refractivity contribution in [2.45, 2.75) is 103 Å². The molecule has 0 aromatic heterocycles. The Morgan fingerprint density at radius 3 is 2.65 bits per heavy atom. The smallest absolute Gasteiger partial charge is 0.411 e. The van der Waals surface area contributed by atoms with Gasteiger partial charge in [-0.25, -0.2) is 4.79 Å². The molecule has 4 rings (SSSR count). The first kappa shape index (κ1) is 22.4. The minimum Gasteiger partial charge on any atom is -0.462 e. The Labute approximate surface area is 187 Å². The number of amides is 1. The number of piperidine rings is 1. The molecule has 5 heteroatoms. The van der Waals surface area contributed by atoms with Gasteiger partial charge in [-0.2, -0.15) is 0 Å². The fourth-order valence-electron chi connectivity index (χ4n) is 6.30. The molecule has 0 bridgehead atoms. The van der Waals surface area contributed by atoms with E-state index in [-0.39, 0.29) is 42.1 Å². The van der Waals surface area contributed by atoms with E-state index in [1.807, 2.05) is 32.6 Å². The minimum absolute atomic E-state index is 0.0447. The summed E-state index contributed by atoms with van der Waals surface area (Å²) < 4.78 is 11.4. The summed E-state index contributed by atoms with van der Waals surface area (Å²) in [5.41, 5.74) is 0.951. The van der Waals surface area contributed by atoms with Crippen molar-refractivity contribution in [3.63, 3.8) is 0 Å². The lowest BCUT2D eigenvalue weighted by Crippen LogP contribution is -2.50. The Kier molecular flexibility index (Phi) is 6.24. The number of hydrogen-bond acceptors (Lipinski definition) is 4. The quantitative estimate of drug-likeness (QED) is 0.421. The van der Waals surface area contributed by atoms with Crippen LogP contribution in [-0.4, -0.2) is 40.8 Å².